The molecule has 0 bridgehead atoms. The summed E-state index contributed by atoms with van der Waals surface area (Å²) in [7, 11) is 0. The van der Waals surface area contributed by atoms with E-state index in [-0.39, 0.29) is 24.8 Å². The smallest absolute Gasteiger partial charge is 0.303 e. The van der Waals surface area contributed by atoms with Crippen LogP contribution in [-0.4, -0.2) is 35.2 Å². The van der Waals surface area contributed by atoms with Gasteiger partial charge in [-0.25, -0.2) is 5.01 Å². The largest absolute Gasteiger partial charge is 0.494 e. The molecule has 1 amide bonds. The van der Waals surface area contributed by atoms with Crippen LogP contribution in [0.3, 0.4) is 0 Å². The molecule has 1 aliphatic carbocycles. The molecule has 2 aromatic carbocycles. The highest BCUT2D eigenvalue weighted by Gasteiger charge is 2.39. The van der Waals surface area contributed by atoms with E-state index in [1.54, 1.807) is 5.01 Å². The first-order valence-corrected chi connectivity index (χ1v) is 12.2. The molecule has 0 spiro atoms. The van der Waals surface area contributed by atoms with Gasteiger partial charge in [0.15, 0.2) is 0 Å². The molecular weight excluding hydrogens is 444 g/mol. The minimum atomic E-state index is -0.982. The molecule has 0 fully saturated rings. The lowest BCUT2D eigenvalue weighted by atomic mass is 9.85. The van der Waals surface area contributed by atoms with E-state index in [2.05, 4.69) is 11.5 Å². The maximum Gasteiger partial charge on any atom is 0.303 e. The maximum absolute atomic E-state index is 13.1. The average Bonchev–Trinajstić information content (AvgIpc) is 3.25. The minimum absolute atomic E-state index is 0.0611. The number of hydrogen-bond donors (Lipinski definition) is 2. The lowest BCUT2D eigenvalue weighted by Gasteiger charge is -2.27. The molecule has 4 rings (SSSR count). The molecule has 0 unspecified atom stereocenters. The van der Waals surface area contributed by atoms with Gasteiger partial charge in [-0.2, -0.15) is 0 Å². The summed E-state index contributed by atoms with van der Waals surface area (Å²) >= 11 is 0. The topological polar surface area (TPSA) is 88.1 Å². The second-order valence-electron chi connectivity index (χ2n) is 8.60. The summed E-state index contributed by atoms with van der Waals surface area (Å²) in [5, 5.41) is 10.7. The number of ether oxygens (including phenoxy) is 2. The van der Waals surface area contributed by atoms with Crippen molar-refractivity contribution in [3.63, 3.8) is 0 Å². The number of amides is 1. The number of hydrazine groups is 1. The number of benzene rings is 2. The Hall–Kier alpha value is -3.74. The molecule has 2 aromatic rings. The molecule has 7 heteroatoms. The van der Waals surface area contributed by atoms with E-state index < -0.39 is 5.97 Å². The van der Waals surface area contributed by atoms with Crippen LogP contribution >= 0.6 is 0 Å². The van der Waals surface area contributed by atoms with Crippen molar-refractivity contribution in [3.05, 3.63) is 76.5 Å². The second kappa shape index (κ2) is 11.1. The molecular formula is C28H32N2O5. The summed E-state index contributed by atoms with van der Waals surface area (Å²) in [6.45, 7) is 5.11. The van der Waals surface area contributed by atoms with E-state index in [0.29, 0.717) is 13.2 Å². The summed E-state index contributed by atoms with van der Waals surface area (Å²) in [4.78, 5) is 24.2. The van der Waals surface area contributed by atoms with Gasteiger partial charge in [0.05, 0.1) is 25.3 Å². The van der Waals surface area contributed by atoms with Crippen LogP contribution in [0.5, 0.6) is 11.5 Å². The summed E-state index contributed by atoms with van der Waals surface area (Å²) in [6, 6.07) is 15.5. The molecule has 0 saturated carbocycles. The van der Waals surface area contributed by atoms with Crippen molar-refractivity contribution >= 4 is 18.0 Å². The van der Waals surface area contributed by atoms with Crippen LogP contribution in [-0.2, 0) is 9.59 Å². The number of carbonyl (C=O) groups is 2. The van der Waals surface area contributed by atoms with Gasteiger partial charge in [-0.05, 0) is 85.7 Å². The number of allylic oxidation sites excluding steroid dienone is 1. The van der Waals surface area contributed by atoms with Crippen molar-refractivity contribution in [1.29, 1.82) is 0 Å². The van der Waals surface area contributed by atoms with Crippen LogP contribution in [0.25, 0.3) is 6.08 Å². The third-order valence-electron chi connectivity index (χ3n) is 6.22. The van der Waals surface area contributed by atoms with E-state index in [1.807, 2.05) is 62.4 Å². The fraction of sp³-hybridized carbons (Fsp3) is 0.357. The molecule has 1 atom stereocenters. The molecule has 1 aliphatic heterocycles. The van der Waals surface area contributed by atoms with Crippen LogP contribution < -0.4 is 14.9 Å². The van der Waals surface area contributed by atoms with Crippen molar-refractivity contribution in [2.45, 2.75) is 52.0 Å². The Morgan fingerprint density at radius 3 is 2.20 bits per heavy atom. The van der Waals surface area contributed by atoms with E-state index in [4.69, 9.17) is 14.6 Å². The molecule has 184 valence electrons. The third-order valence-corrected chi connectivity index (χ3v) is 6.22. The maximum atomic E-state index is 13.1. The van der Waals surface area contributed by atoms with Crippen molar-refractivity contribution in [3.8, 4) is 11.5 Å². The SMILES string of the molecule is CCOc1ccc(/C=C2\CCCC3=C2NN(C(=O)CCC(=O)O)[C@@H]3c2ccc(OCC)cc2)cc1. The zero-order valence-electron chi connectivity index (χ0n) is 20.3. The fourth-order valence-electron chi connectivity index (χ4n) is 4.66. The van der Waals surface area contributed by atoms with Gasteiger partial charge in [-0.3, -0.25) is 15.0 Å². The second-order valence-corrected chi connectivity index (χ2v) is 8.60. The summed E-state index contributed by atoms with van der Waals surface area (Å²) in [6.07, 6.45) is 4.63. The lowest BCUT2D eigenvalue weighted by Crippen LogP contribution is -2.40. The number of carboxylic acid groups (broad SMARTS) is 1. The highest BCUT2D eigenvalue weighted by molar-refractivity contribution is 5.82. The number of aliphatic carboxylic acids is 1. The Balaban J connectivity index is 1.67. The van der Waals surface area contributed by atoms with Gasteiger partial charge in [-0.1, -0.05) is 24.3 Å². The predicted molar refractivity (Wildman–Crippen MR) is 134 cm³/mol. The van der Waals surface area contributed by atoms with Crippen molar-refractivity contribution in [2.24, 2.45) is 0 Å². The first-order chi connectivity index (χ1) is 17.0. The van der Waals surface area contributed by atoms with E-state index in [9.17, 15) is 9.59 Å². The van der Waals surface area contributed by atoms with Crippen molar-refractivity contribution in [1.82, 2.24) is 10.4 Å². The molecule has 1 heterocycles. The molecule has 0 radical (unpaired) electrons. The fourth-order valence-corrected chi connectivity index (χ4v) is 4.66. The summed E-state index contributed by atoms with van der Waals surface area (Å²) < 4.78 is 11.1. The van der Waals surface area contributed by atoms with E-state index in [1.165, 1.54) is 0 Å². The van der Waals surface area contributed by atoms with Crippen molar-refractivity contribution < 1.29 is 24.2 Å². The van der Waals surface area contributed by atoms with Crippen LogP contribution in [0.4, 0.5) is 0 Å². The quantitative estimate of drug-likeness (QED) is 0.513. The van der Waals surface area contributed by atoms with Gasteiger partial charge in [0.2, 0.25) is 5.91 Å². The Morgan fingerprint density at radius 1 is 0.971 bits per heavy atom. The van der Waals surface area contributed by atoms with Gasteiger partial charge < -0.3 is 14.6 Å². The molecule has 0 aromatic heterocycles. The van der Waals surface area contributed by atoms with Gasteiger partial charge >= 0.3 is 5.97 Å². The Kier molecular flexibility index (Phi) is 7.75. The number of nitrogens with one attached hydrogen (secondary N) is 1. The molecule has 0 saturated heterocycles. The molecule has 2 aliphatic rings. The predicted octanol–water partition coefficient (Wildman–Crippen LogP) is 5.26. The van der Waals surface area contributed by atoms with Crippen LogP contribution in [0.2, 0.25) is 0 Å². The standard InChI is InChI=1S/C28H32N2O5/c1-3-34-22-12-8-19(9-13-22)18-21-6-5-7-24-27(21)29-30(25(31)16-17-26(32)33)28(24)20-10-14-23(15-11-20)35-4-2/h8-15,18,28-29H,3-7,16-17H2,1-2H3,(H,32,33)/b21-18+/t28-/m1/s1. The zero-order valence-corrected chi connectivity index (χ0v) is 20.3. The number of carboxylic acids is 1. The highest BCUT2D eigenvalue weighted by atomic mass is 16.5. The summed E-state index contributed by atoms with van der Waals surface area (Å²) in [5.74, 6) is 0.396. The normalized spacial score (nSPS) is 18.3. The van der Waals surface area contributed by atoms with Gasteiger partial charge in [0, 0.05) is 6.42 Å². The lowest BCUT2D eigenvalue weighted by molar-refractivity contribution is -0.142. The summed E-state index contributed by atoms with van der Waals surface area (Å²) in [5.41, 5.74) is 8.64. The average molecular weight is 477 g/mol. The molecule has 35 heavy (non-hydrogen) atoms. The Bertz CT molecular complexity index is 1120. The Labute approximate surface area is 206 Å². The van der Waals surface area contributed by atoms with Crippen LogP contribution in [0.1, 0.15) is 63.1 Å². The molecule has 7 nitrogen and oxygen atoms in total. The number of carbonyl (C=O) groups excluding carboxylic acids is 1. The van der Waals surface area contributed by atoms with Gasteiger partial charge in [0.25, 0.3) is 0 Å². The first kappa shape index (κ1) is 24.4. The van der Waals surface area contributed by atoms with E-state index >= 15 is 0 Å². The minimum Gasteiger partial charge on any atom is -0.494 e. The van der Waals surface area contributed by atoms with E-state index in [0.717, 1.165) is 58.7 Å². The van der Waals surface area contributed by atoms with Gasteiger partial charge in [0.1, 0.15) is 17.5 Å². The number of hydrogen-bond acceptors (Lipinski definition) is 5. The molecule has 2 N–H and O–H groups in total. The first-order valence-electron chi connectivity index (χ1n) is 12.2. The zero-order chi connectivity index (χ0) is 24.8. The monoisotopic (exact) mass is 476 g/mol. The Morgan fingerprint density at radius 2 is 1.60 bits per heavy atom. The number of rotatable bonds is 9. The third kappa shape index (κ3) is 5.67. The van der Waals surface area contributed by atoms with Crippen LogP contribution in [0.15, 0.2) is 65.4 Å². The van der Waals surface area contributed by atoms with Crippen molar-refractivity contribution in [2.75, 3.05) is 13.2 Å². The highest BCUT2D eigenvalue weighted by Crippen LogP contribution is 2.44. The van der Waals surface area contributed by atoms with Crippen LogP contribution in [0, 0.1) is 0 Å². The number of nitrogens with zero attached hydrogens (tertiary/aromatic N) is 1. The van der Waals surface area contributed by atoms with Gasteiger partial charge in [-0.15, -0.1) is 0 Å².